The highest BCUT2D eigenvalue weighted by molar-refractivity contribution is 5.86. The Hall–Kier alpha value is -1.56. The van der Waals surface area contributed by atoms with Crippen LogP contribution < -0.4 is 21.9 Å². The van der Waals surface area contributed by atoms with Crippen LogP contribution >= 0.6 is 24.8 Å². The van der Waals surface area contributed by atoms with Crippen molar-refractivity contribution in [2.24, 2.45) is 5.73 Å². The second-order valence-electron chi connectivity index (χ2n) is 8.01. The summed E-state index contributed by atoms with van der Waals surface area (Å²) >= 11 is 0. The number of nitrogens with one attached hydrogen (secondary N) is 3. The van der Waals surface area contributed by atoms with E-state index >= 15 is 0 Å². The van der Waals surface area contributed by atoms with Crippen LogP contribution in [0.3, 0.4) is 0 Å². The van der Waals surface area contributed by atoms with Crippen LogP contribution in [0.15, 0.2) is 6.33 Å². The van der Waals surface area contributed by atoms with Crippen molar-refractivity contribution in [1.29, 1.82) is 0 Å². The number of aromatic nitrogens is 4. The Morgan fingerprint density at radius 2 is 1.71 bits per heavy atom. The summed E-state index contributed by atoms with van der Waals surface area (Å²) in [5, 5.41) is 3.34. The van der Waals surface area contributed by atoms with Crippen molar-refractivity contribution in [3.63, 3.8) is 0 Å². The van der Waals surface area contributed by atoms with Gasteiger partial charge in [-0.2, -0.15) is 23.1 Å². The number of hydrogen-bond acceptors (Lipinski definition) is 7. The molecule has 31 heavy (non-hydrogen) atoms. The van der Waals surface area contributed by atoms with Gasteiger partial charge in [-0.3, -0.25) is 0 Å². The van der Waals surface area contributed by atoms with E-state index in [1.807, 2.05) is 4.57 Å². The number of nitrogens with zero attached hydrogens (tertiary/aromatic N) is 4. The van der Waals surface area contributed by atoms with Crippen molar-refractivity contribution < 1.29 is 13.2 Å². The third kappa shape index (κ3) is 6.47. The number of alkyl halides is 3. The lowest BCUT2D eigenvalue weighted by molar-refractivity contribution is -0.123. The third-order valence-corrected chi connectivity index (χ3v) is 5.74. The molecule has 0 aliphatic heterocycles. The predicted octanol–water partition coefficient (Wildman–Crippen LogP) is 3.95. The maximum absolute atomic E-state index is 12.5. The van der Waals surface area contributed by atoms with Gasteiger partial charge in [-0.1, -0.05) is 12.8 Å². The fourth-order valence-corrected chi connectivity index (χ4v) is 4.19. The lowest BCUT2D eigenvalue weighted by atomic mass is 9.92. The van der Waals surface area contributed by atoms with E-state index in [1.165, 1.54) is 0 Å². The molecule has 0 aromatic carbocycles. The van der Waals surface area contributed by atoms with Crippen LogP contribution in [-0.4, -0.2) is 44.3 Å². The summed E-state index contributed by atoms with van der Waals surface area (Å²) in [6, 6.07) is 0.738. The zero-order valence-electron chi connectivity index (χ0n) is 17.0. The molecule has 2 heterocycles. The molecular formula is C18H29Cl2F3N8. The van der Waals surface area contributed by atoms with Gasteiger partial charge in [0.1, 0.15) is 6.54 Å². The van der Waals surface area contributed by atoms with Crippen molar-refractivity contribution in [2.75, 3.05) is 17.3 Å². The fraction of sp³-hybridized carbons (Fsp3) is 0.722. The SMILES string of the molecule is Cl.Cl.N[C@H]1CC[C@H](Nc2nc(NNCC(F)(F)F)c3ncn(C4CCCC4)c3n2)CC1. The van der Waals surface area contributed by atoms with Gasteiger partial charge in [-0.05, 0) is 38.5 Å². The predicted molar refractivity (Wildman–Crippen MR) is 119 cm³/mol. The van der Waals surface area contributed by atoms with Crippen LogP contribution in [0.4, 0.5) is 24.9 Å². The lowest BCUT2D eigenvalue weighted by Crippen LogP contribution is -2.34. The molecule has 2 aromatic heterocycles. The highest BCUT2D eigenvalue weighted by atomic mass is 35.5. The summed E-state index contributed by atoms with van der Waals surface area (Å²) in [5.41, 5.74) is 11.8. The molecule has 2 fully saturated rings. The number of halogens is 5. The number of anilines is 2. The Kier molecular flexibility index (Phi) is 8.99. The molecule has 0 spiro atoms. The van der Waals surface area contributed by atoms with Gasteiger partial charge in [0, 0.05) is 18.1 Å². The van der Waals surface area contributed by atoms with Crippen LogP contribution in [0.1, 0.15) is 57.4 Å². The monoisotopic (exact) mass is 484 g/mol. The van der Waals surface area contributed by atoms with E-state index in [-0.39, 0.29) is 42.7 Å². The van der Waals surface area contributed by atoms with Crippen LogP contribution in [0.25, 0.3) is 11.2 Å². The van der Waals surface area contributed by atoms with Gasteiger partial charge in [0.2, 0.25) is 5.95 Å². The van der Waals surface area contributed by atoms with Crippen molar-refractivity contribution >= 4 is 47.7 Å². The lowest BCUT2D eigenvalue weighted by Gasteiger charge is -2.27. The molecule has 0 amide bonds. The van der Waals surface area contributed by atoms with Crippen LogP contribution in [0.5, 0.6) is 0 Å². The molecule has 4 rings (SSSR count). The van der Waals surface area contributed by atoms with E-state index in [1.54, 1.807) is 6.33 Å². The van der Waals surface area contributed by atoms with Crippen LogP contribution in [-0.2, 0) is 0 Å². The Morgan fingerprint density at radius 1 is 1.03 bits per heavy atom. The summed E-state index contributed by atoms with van der Waals surface area (Å²) in [5.74, 6) is 0.639. The van der Waals surface area contributed by atoms with Gasteiger partial charge < -0.3 is 21.0 Å². The van der Waals surface area contributed by atoms with Gasteiger partial charge in [-0.25, -0.2) is 10.4 Å². The number of rotatable bonds is 6. The second-order valence-corrected chi connectivity index (χ2v) is 8.01. The molecule has 0 bridgehead atoms. The minimum atomic E-state index is -4.33. The molecule has 2 aromatic rings. The van der Waals surface area contributed by atoms with Crippen molar-refractivity contribution in [3.8, 4) is 0 Å². The topological polar surface area (TPSA) is 106 Å². The highest BCUT2D eigenvalue weighted by Crippen LogP contribution is 2.33. The number of hydrazine groups is 1. The standard InChI is InChI=1S/C18H27F3N8.2ClH/c19-18(20,21)9-24-28-15-14-16(29(10-23-14)13-3-1-2-4-13)27-17(26-15)25-12-7-5-11(22)6-8-12;;/h10-13,24H,1-9,22H2,(H2,25,26,27,28);2*1H/t11-,12-;;. The summed E-state index contributed by atoms with van der Waals surface area (Å²) in [6.07, 6.45) is 5.48. The summed E-state index contributed by atoms with van der Waals surface area (Å²) in [4.78, 5) is 13.5. The molecule has 0 unspecified atom stereocenters. The fourth-order valence-electron chi connectivity index (χ4n) is 4.19. The first-order chi connectivity index (χ1) is 13.9. The molecule has 0 radical (unpaired) electrons. The Morgan fingerprint density at radius 3 is 2.35 bits per heavy atom. The smallest absolute Gasteiger partial charge is 0.351 e. The van der Waals surface area contributed by atoms with E-state index < -0.39 is 12.7 Å². The van der Waals surface area contributed by atoms with Gasteiger partial charge in [0.25, 0.3) is 0 Å². The highest BCUT2D eigenvalue weighted by Gasteiger charge is 2.27. The van der Waals surface area contributed by atoms with Gasteiger partial charge >= 0.3 is 6.18 Å². The van der Waals surface area contributed by atoms with E-state index in [0.29, 0.717) is 23.2 Å². The molecule has 5 N–H and O–H groups in total. The molecule has 2 saturated carbocycles. The van der Waals surface area contributed by atoms with Crippen LogP contribution in [0.2, 0.25) is 0 Å². The molecule has 0 saturated heterocycles. The normalized spacial score (nSPS) is 22.1. The summed E-state index contributed by atoms with van der Waals surface area (Å²) in [7, 11) is 0. The third-order valence-electron chi connectivity index (χ3n) is 5.74. The summed E-state index contributed by atoms with van der Waals surface area (Å²) < 4.78 is 39.6. The number of fused-ring (bicyclic) bond motifs is 1. The zero-order valence-corrected chi connectivity index (χ0v) is 18.6. The number of imidazole rings is 1. The zero-order chi connectivity index (χ0) is 20.4. The second kappa shape index (κ2) is 10.8. The molecule has 176 valence electrons. The average Bonchev–Trinajstić information content (AvgIpc) is 3.32. The largest absolute Gasteiger partial charge is 0.402 e. The molecule has 2 aliphatic carbocycles. The van der Waals surface area contributed by atoms with Gasteiger partial charge in [-0.15, -0.1) is 24.8 Å². The van der Waals surface area contributed by atoms with Crippen molar-refractivity contribution in [2.45, 2.75) is 75.7 Å². The number of nitrogens with two attached hydrogens (primary N) is 1. The minimum absolute atomic E-state index is 0. The Labute approximate surface area is 191 Å². The average molecular weight is 485 g/mol. The van der Waals surface area contributed by atoms with E-state index in [4.69, 9.17) is 5.73 Å². The first kappa shape index (κ1) is 25.7. The minimum Gasteiger partial charge on any atom is -0.351 e. The first-order valence-corrected chi connectivity index (χ1v) is 10.2. The molecule has 2 aliphatic rings. The Bertz CT molecular complexity index is 833. The van der Waals surface area contributed by atoms with Crippen molar-refractivity contribution in [1.82, 2.24) is 24.9 Å². The maximum Gasteiger partial charge on any atom is 0.402 e. The first-order valence-electron chi connectivity index (χ1n) is 10.2. The Balaban J connectivity index is 0.00000171. The summed E-state index contributed by atoms with van der Waals surface area (Å²) in [6.45, 7) is -1.18. The van der Waals surface area contributed by atoms with Crippen LogP contribution in [0, 0.1) is 0 Å². The van der Waals surface area contributed by atoms with Crippen molar-refractivity contribution in [3.05, 3.63) is 6.33 Å². The molecule has 0 atom stereocenters. The molecular weight excluding hydrogens is 456 g/mol. The maximum atomic E-state index is 12.5. The van der Waals surface area contributed by atoms with Gasteiger partial charge in [0.15, 0.2) is 17.0 Å². The number of hydrogen-bond donors (Lipinski definition) is 4. The van der Waals surface area contributed by atoms with E-state index in [2.05, 4.69) is 31.1 Å². The van der Waals surface area contributed by atoms with E-state index in [9.17, 15) is 13.2 Å². The van der Waals surface area contributed by atoms with E-state index in [0.717, 1.165) is 51.4 Å². The van der Waals surface area contributed by atoms with Gasteiger partial charge in [0.05, 0.1) is 6.33 Å². The molecule has 13 heteroatoms. The quantitative estimate of drug-likeness (QED) is 0.460. The molecule has 8 nitrogen and oxygen atoms in total.